The van der Waals surface area contributed by atoms with E-state index in [-0.39, 0.29) is 18.9 Å². The summed E-state index contributed by atoms with van der Waals surface area (Å²) in [6.45, 7) is 3.84. The average molecular weight is 359 g/mol. The molecule has 1 amide bonds. The van der Waals surface area contributed by atoms with Crippen molar-refractivity contribution in [3.05, 3.63) is 40.7 Å². The first-order valence-corrected chi connectivity index (χ1v) is 8.64. The fraction of sp³-hybridized carbons (Fsp3) is 0.312. The van der Waals surface area contributed by atoms with E-state index in [1.165, 1.54) is 11.3 Å². The van der Waals surface area contributed by atoms with E-state index in [2.05, 4.69) is 20.6 Å². The normalized spacial score (nSPS) is 10.8. The summed E-state index contributed by atoms with van der Waals surface area (Å²) in [5.41, 5.74) is 0.784. The molecule has 1 N–H and O–H groups in total. The lowest BCUT2D eigenvalue weighted by atomic mass is 10.1. The maximum Gasteiger partial charge on any atom is 0.340 e. The van der Waals surface area contributed by atoms with E-state index in [1.54, 1.807) is 35.7 Å². The summed E-state index contributed by atoms with van der Waals surface area (Å²) in [4.78, 5) is 24.9. The van der Waals surface area contributed by atoms with Crippen LogP contribution in [0.3, 0.4) is 0 Å². The van der Waals surface area contributed by atoms with Gasteiger partial charge >= 0.3 is 5.97 Å². The van der Waals surface area contributed by atoms with Gasteiger partial charge in [0.2, 0.25) is 10.9 Å². The molecular weight excluding hydrogens is 342 g/mol. The molecule has 1 aromatic carbocycles. The van der Waals surface area contributed by atoms with Gasteiger partial charge in [-0.3, -0.25) is 4.79 Å². The Bertz CT molecular complexity index is 918. The summed E-state index contributed by atoms with van der Waals surface area (Å²) < 4.78 is 6.66. The summed E-state index contributed by atoms with van der Waals surface area (Å²) in [6, 6.07) is 6.78. The average Bonchev–Trinajstić information content (AvgIpc) is 3.15. The van der Waals surface area contributed by atoms with Crippen LogP contribution in [0.25, 0.3) is 4.96 Å². The molecule has 0 bridgehead atoms. The van der Waals surface area contributed by atoms with E-state index < -0.39 is 5.97 Å². The monoisotopic (exact) mass is 359 g/mol. The first-order chi connectivity index (χ1) is 12.1. The summed E-state index contributed by atoms with van der Waals surface area (Å²) in [7, 11) is 0. The number of ether oxygens (including phenoxy) is 1. The van der Waals surface area contributed by atoms with Gasteiger partial charge in [0, 0.05) is 12.8 Å². The van der Waals surface area contributed by atoms with E-state index in [9.17, 15) is 9.59 Å². The van der Waals surface area contributed by atoms with Crippen molar-refractivity contribution in [2.24, 2.45) is 0 Å². The van der Waals surface area contributed by atoms with Crippen LogP contribution in [-0.4, -0.2) is 38.3 Å². The fourth-order valence-corrected chi connectivity index (χ4v) is 3.15. The number of hydrogen-bond acceptors (Lipinski definition) is 7. The van der Waals surface area contributed by atoms with Gasteiger partial charge in [-0.05, 0) is 26.0 Å². The standard InChI is InChI=1S/C16H17N5O3S/c1-3-24-15(23)11-6-4-5-7-12(11)17-13(22)8-9-14-20-21-10(2)18-19-16(21)25-14/h4-7H,3,8-9H2,1-2H3,(H,17,22). The number of carbonyl (C=O) groups excluding carboxylic acids is 2. The Hall–Kier alpha value is -2.81. The van der Waals surface area contributed by atoms with Crippen LogP contribution >= 0.6 is 11.3 Å². The Morgan fingerprint density at radius 1 is 1.28 bits per heavy atom. The third kappa shape index (κ3) is 3.82. The van der Waals surface area contributed by atoms with Crippen molar-refractivity contribution in [3.8, 4) is 0 Å². The molecule has 0 spiro atoms. The number of aromatic nitrogens is 4. The topological polar surface area (TPSA) is 98.5 Å². The third-order valence-electron chi connectivity index (χ3n) is 3.45. The van der Waals surface area contributed by atoms with Crippen molar-refractivity contribution in [1.82, 2.24) is 19.8 Å². The number of fused-ring (bicyclic) bond motifs is 1. The summed E-state index contributed by atoms with van der Waals surface area (Å²) in [5.74, 6) is 0.0623. The fourth-order valence-electron chi connectivity index (χ4n) is 2.27. The second-order valence-corrected chi connectivity index (χ2v) is 6.29. The molecule has 0 unspecified atom stereocenters. The summed E-state index contributed by atoms with van der Waals surface area (Å²) >= 11 is 1.41. The van der Waals surface area contributed by atoms with Crippen molar-refractivity contribution in [2.75, 3.05) is 11.9 Å². The molecule has 0 fully saturated rings. The summed E-state index contributed by atoms with van der Waals surface area (Å²) in [5, 5.41) is 15.9. The molecule has 2 aromatic heterocycles. The van der Waals surface area contributed by atoms with Crippen molar-refractivity contribution in [1.29, 1.82) is 0 Å². The van der Waals surface area contributed by atoms with Crippen LogP contribution in [0.2, 0.25) is 0 Å². The number of esters is 1. The second-order valence-electron chi connectivity index (χ2n) is 5.25. The highest BCUT2D eigenvalue weighted by molar-refractivity contribution is 7.16. The summed E-state index contributed by atoms with van der Waals surface area (Å²) in [6.07, 6.45) is 0.737. The maximum atomic E-state index is 12.2. The number of nitrogens with zero attached hydrogens (tertiary/aromatic N) is 4. The van der Waals surface area contributed by atoms with Gasteiger partial charge in [-0.25, -0.2) is 4.79 Å². The highest BCUT2D eigenvalue weighted by Crippen LogP contribution is 2.18. The second kappa shape index (κ2) is 7.39. The molecular formula is C16H17N5O3S. The SMILES string of the molecule is CCOC(=O)c1ccccc1NC(=O)CCc1nn2c(C)nnc2s1. The molecule has 25 heavy (non-hydrogen) atoms. The van der Waals surface area contributed by atoms with Crippen LogP contribution in [0.1, 0.15) is 34.5 Å². The number of carbonyl (C=O) groups is 2. The van der Waals surface area contributed by atoms with E-state index >= 15 is 0 Å². The molecule has 9 heteroatoms. The van der Waals surface area contributed by atoms with Crippen LogP contribution in [0.4, 0.5) is 5.69 Å². The lowest BCUT2D eigenvalue weighted by Crippen LogP contribution is -2.16. The highest BCUT2D eigenvalue weighted by atomic mass is 32.1. The first-order valence-electron chi connectivity index (χ1n) is 7.82. The molecule has 0 radical (unpaired) electrons. The number of aryl methyl sites for hydroxylation is 2. The molecule has 0 aliphatic rings. The number of amides is 1. The number of benzene rings is 1. The van der Waals surface area contributed by atoms with Crippen LogP contribution in [0.15, 0.2) is 24.3 Å². The number of para-hydroxylation sites is 1. The van der Waals surface area contributed by atoms with E-state index in [0.29, 0.717) is 28.5 Å². The largest absolute Gasteiger partial charge is 0.462 e. The van der Waals surface area contributed by atoms with Gasteiger partial charge in [0.25, 0.3) is 0 Å². The lowest BCUT2D eigenvalue weighted by Gasteiger charge is -2.09. The molecule has 3 rings (SSSR count). The molecule has 0 saturated heterocycles. The number of nitrogens with one attached hydrogen (secondary N) is 1. The van der Waals surface area contributed by atoms with E-state index in [1.807, 2.05) is 6.92 Å². The Labute approximate surface area is 147 Å². The van der Waals surface area contributed by atoms with Crippen LogP contribution in [-0.2, 0) is 16.0 Å². The molecule has 2 heterocycles. The van der Waals surface area contributed by atoms with E-state index in [4.69, 9.17) is 4.74 Å². The smallest absolute Gasteiger partial charge is 0.340 e. The molecule has 130 valence electrons. The van der Waals surface area contributed by atoms with E-state index in [0.717, 1.165) is 5.01 Å². The molecule has 8 nitrogen and oxygen atoms in total. The zero-order valence-corrected chi connectivity index (χ0v) is 14.7. The quantitative estimate of drug-likeness (QED) is 0.678. The molecule has 3 aromatic rings. The van der Waals surface area contributed by atoms with Crippen molar-refractivity contribution in [2.45, 2.75) is 26.7 Å². The molecule has 0 atom stereocenters. The van der Waals surface area contributed by atoms with Gasteiger partial charge in [0.15, 0.2) is 5.82 Å². The number of rotatable bonds is 6. The third-order valence-corrected chi connectivity index (χ3v) is 4.41. The van der Waals surface area contributed by atoms with Crippen molar-refractivity contribution >= 4 is 33.9 Å². The molecule has 0 saturated carbocycles. The van der Waals surface area contributed by atoms with Gasteiger partial charge in [-0.15, -0.1) is 10.2 Å². The van der Waals surface area contributed by atoms with Gasteiger partial charge in [0.1, 0.15) is 5.01 Å². The Morgan fingerprint density at radius 3 is 2.84 bits per heavy atom. The number of hydrogen-bond donors (Lipinski definition) is 1. The van der Waals surface area contributed by atoms with Crippen LogP contribution in [0.5, 0.6) is 0 Å². The number of anilines is 1. The predicted molar refractivity (Wildman–Crippen MR) is 92.7 cm³/mol. The highest BCUT2D eigenvalue weighted by Gasteiger charge is 2.15. The zero-order chi connectivity index (χ0) is 17.8. The minimum Gasteiger partial charge on any atom is -0.462 e. The van der Waals surface area contributed by atoms with Gasteiger partial charge in [0.05, 0.1) is 17.9 Å². The molecule has 0 aliphatic heterocycles. The van der Waals surface area contributed by atoms with Gasteiger partial charge < -0.3 is 10.1 Å². The van der Waals surface area contributed by atoms with Crippen LogP contribution < -0.4 is 5.32 Å². The molecule has 0 aliphatic carbocycles. The van der Waals surface area contributed by atoms with Gasteiger partial charge in [-0.2, -0.15) is 9.61 Å². The minimum absolute atomic E-state index is 0.195. The Balaban J connectivity index is 1.63. The van der Waals surface area contributed by atoms with Crippen molar-refractivity contribution < 1.29 is 14.3 Å². The Kier molecular flexibility index (Phi) is 5.03. The van der Waals surface area contributed by atoms with Crippen LogP contribution in [0, 0.1) is 6.92 Å². The first kappa shape index (κ1) is 17.0. The minimum atomic E-state index is -0.456. The maximum absolute atomic E-state index is 12.2. The van der Waals surface area contributed by atoms with Gasteiger partial charge in [-0.1, -0.05) is 23.5 Å². The zero-order valence-electron chi connectivity index (χ0n) is 13.9. The van der Waals surface area contributed by atoms with Crippen molar-refractivity contribution in [3.63, 3.8) is 0 Å². The Morgan fingerprint density at radius 2 is 2.08 bits per heavy atom. The predicted octanol–water partition coefficient (Wildman–Crippen LogP) is 2.24. The lowest BCUT2D eigenvalue weighted by molar-refractivity contribution is -0.116.